The van der Waals surface area contributed by atoms with Crippen molar-refractivity contribution in [2.75, 3.05) is 6.61 Å². The first kappa shape index (κ1) is 12.3. The molecule has 4 N–H and O–H groups in total. The third kappa shape index (κ3) is 2.86. The van der Waals surface area contributed by atoms with E-state index in [4.69, 9.17) is 14.9 Å². The van der Waals surface area contributed by atoms with Crippen LogP contribution < -0.4 is 0 Å². The van der Waals surface area contributed by atoms with Crippen molar-refractivity contribution in [2.45, 2.75) is 37.6 Å². The molecule has 7 nitrogen and oxygen atoms in total. The predicted molar refractivity (Wildman–Crippen MR) is 45.5 cm³/mol. The standard InChI is InChI=1S/C8H14O7/c1-3(9)14-2-4(10)7-5(11)6(12)8(13)15-7/h4-8,10-13H,2H2,1H3/t4-,5-,6-,7-,8?/m1/s1. The maximum Gasteiger partial charge on any atom is 0.302 e. The molecule has 0 saturated carbocycles. The van der Waals surface area contributed by atoms with Crippen LogP contribution in [0.3, 0.4) is 0 Å². The second-order valence-corrected chi connectivity index (χ2v) is 3.34. The first-order valence-corrected chi connectivity index (χ1v) is 4.44. The monoisotopic (exact) mass is 222 g/mol. The van der Waals surface area contributed by atoms with Gasteiger partial charge in [-0.05, 0) is 0 Å². The fourth-order valence-electron chi connectivity index (χ4n) is 1.30. The predicted octanol–water partition coefficient (Wildman–Crippen LogP) is -2.65. The summed E-state index contributed by atoms with van der Waals surface area (Å²) in [7, 11) is 0. The molecule has 1 fully saturated rings. The van der Waals surface area contributed by atoms with E-state index in [1.54, 1.807) is 0 Å². The lowest BCUT2D eigenvalue weighted by molar-refractivity contribution is -0.161. The zero-order valence-corrected chi connectivity index (χ0v) is 8.11. The summed E-state index contributed by atoms with van der Waals surface area (Å²) < 4.78 is 9.19. The number of hydrogen-bond donors (Lipinski definition) is 4. The molecule has 0 spiro atoms. The second kappa shape index (κ2) is 4.86. The number of esters is 1. The van der Waals surface area contributed by atoms with Gasteiger partial charge in [-0.1, -0.05) is 0 Å². The van der Waals surface area contributed by atoms with Gasteiger partial charge in [0.25, 0.3) is 0 Å². The van der Waals surface area contributed by atoms with Crippen LogP contribution in [0.5, 0.6) is 0 Å². The van der Waals surface area contributed by atoms with Crippen molar-refractivity contribution < 1.29 is 34.7 Å². The van der Waals surface area contributed by atoms with Gasteiger partial charge in [-0.2, -0.15) is 0 Å². The van der Waals surface area contributed by atoms with Crippen LogP contribution in [0.2, 0.25) is 0 Å². The van der Waals surface area contributed by atoms with Crippen molar-refractivity contribution in [2.24, 2.45) is 0 Å². The first-order chi connectivity index (χ1) is 6.93. The Bertz CT molecular complexity index is 231. The quantitative estimate of drug-likeness (QED) is 0.385. The second-order valence-electron chi connectivity index (χ2n) is 3.34. The molecule has 0 aromatic carbocycles. The van der Waals surface area contributed by atoms with Crippen molar-refractivity contribution in [1.29, 1.82) is 0 Å². The molecule has 1 rings (SSSR count). The van der Waals surface area contributed by atoms with Gasteiger partial charge in [0, 0.05) is 6.92 Å². The number of hydrogen-bond acceptors (Lipinski definition) is 7. The molecule has 1 unspecified atom stereocenters. The Morgan fingerprint density at radius 3 is 2.40 bits per heavy atom. The van der Waals surface area contributed by atoms with E-state index in [9.17, 15) is 15.0 Å². The van der Waals surface area contributed by atoms with Gasteiger partial charge in [0.2, 0.25) is 0 Å². The summed E-state index contributed by atoms with van der Waals surface area (Å²) in [5.74, 6) is -0.581. The van der Waals surface area contributed by atoms with Crippen LogP contribution in [-0.2, 0) is 14.3 Å². The van der Waals surface area contributed by atoms with Crippen LogP contribution in [0.15, 0.2) is 0 Å². The number of rotatable bonds is 3. The van der Waals surface area contributed by atoms with Gasteiger partial charge in [-0.3, -0.25) is 4.79 Å². The molecular weight excluding hydrogens is 208 g/mol. The van der Waals surface area contributed by atoms with Crippen molar-refractivity contribution in [3.63, 3.8) is 0 Å². The fraction of sp³-hybridized carbons (Fsp3) is 0.875. The summed E-state index contributed by atoms with van der Waals surface area (Å²) in [5.41, 5.74) is 0. The van der Waals surface area contributed by atoms with Crippen LogP contribution in [0.4, 0.5) is 0 Å². The third-order valence-electron chi connectivity index (χ3n) is 2.11. The highest BCUT2D eigenvalue weighted by Gasteiger charge is 2.45. The lowest BCUT2D eigenvalue weighted by Gasteiger charge is -2.19. The van der Waals surface area contributed by atoms with Gasteiger partial charge in [0.15, 0.2) is 6.29 Å². The number of carbonyl (C=O) groups is 1. The zero-order valence-electron chi connectivity index (χ0n) is 8.11. The molecule has 15 heavy (non-hydrogen) atoms. The van der Waals surface area contributed by atoms with E-state index in [0.29, 0.717) is 0 Å². The van der Waals surface area contributed by atoms with Crippen LogP contribution in [0, 0.1) is 0 Å². The molecule has 0 bridgehead atoms. The van der Waals surface area contributed by atoms with Gasteiger partial charge < -0.3 is 29.9 Å². The van der Waals surface area contributed by atoms with Crippen molar-refractivity contribution in [1.82, 2.24) is 0 Å². The summed E-state index contributed by atoms with van der Waals surface area (Å²) >= 11 is 0. The van der Waals surface area contributed by atoms with E-state index >= 15 is 0 Å². The van der Waals surface area contributed by atoms with Gasteiger partial charge in [-0.25, -0.2) is 0 Å². The summed E-state index contributed by atoms with van der Waals surface area (Å²) in [6.45, 7) is 0.804. The topological polar surface area (TPSA) is 116 Å². The molecule has 0 radical (unpaired) electrons. The normalized spacial score (nSPS) is 37.7. The van der Waals surface area contributed by atoms with Gasteiger partial charge in [-0.15, -0.1) is 0 Å². The zero-order chi connectivity index (χ0) is 11.6. The molecule has 5 atom stereocenters. The number of aliphatic hydroxyl groups is 4. The Morgan fingerprint density at radius 2 is 2.00 bits per heavy atom. The van der Waals surface area contributed by atoms with E-state index < -0.39 is 36.7 Å². The average Bonchev–Trinajstić information content (AvgIpc) is 2.42. The Kier molecular flexibility index (Phi) is 4.00. The minimum Gasteiger partial charge on any atom is -0.463 e. The third-order valence-corrected chi connectivity index (χ3v) is 2.11. The first-order valence-electron chi connectivity index (χ1n) is 4.44. The lowest BCUT2D eigenvalue weighted by Crippen LogP contribution is -2.41. The van der Waals surface area contributed by atoms with Crippen molar-refractivity contribution in [3.05, 3.63) is 0 Å². The number of ether oxygens (including phenoxy) is 2. The van der Waals surface area contributed by atoms with Crippen LogP contribution in [0.25, 0.3) is 0 Å². The Morgan fingerprint density at radius 1 is 1.40 bits per heavy atom. The molecule has 7 heteroatoms. The molecule has 88 valence electrons. The highest BCUT2D eigenvalue weighted by atomic mass is 16.7. The largest absolute Gasteiger partial charge is 0.463 e. The summed E-state index contributed by atoms with van der Waals surface area (Å²) in [5, 5.41) is 36.9. The minimum absolute atomic E-state index is 0.365. The van der Waals surface area contributed by atoms with Gasteiger partial charge in [0.1, 0.15) is 31.0 Å². The molecule has 1 aliphatic rings. The Balaban J connectivity index is 2.46. The number of aliphatic hydroxyl groups excluding tert-OH is 4. The highest BCUT2D eigenvalue weighted by molar-refractivity contribution is 5.65. The Hall–Kier alpha value is -0.730. The van der Waals surface area contributed by atoms with E-state index in [1.165, 1.54) is 6.92 Å². The summed E-state index contributed by atoms with van der Waals surface area (Å²) in [4.78, 5) is 10.4. The summed E-state index contributed by atoms with van der Waals surface area (Å²) in [6, 6.07) is 0. The van der Waals surface area contributed by atoms with Crippen molar-refractivity contribution >= 4 is 5.97 Å². The van der Waals surface area contributed by atoms with Gasteiger partial charge in [0.05, 0.1) is 0 Å². The SMILES string of the molecule is CC(=O)OC[C@@H](O)[C@H]1OC(O)[C@H](O)[C@H]1O. The molecule has 0 amide bonds. The van der Waals surface area contributed by atoms with Crippen molar-refractivity contribution in [3.8, 4) is 0 Å². The van der Waals surface area contributed by atoms with Gasteiger partial charge >= 0.3 is 5.97 Å². The maximum absolute atomic E-state index is 10.4. The molecule has 0 aliphatic carbocycles. The van der Waals surface area contributed by atoms with E-state index in [-0.39, 0.29) is 6.61 Å². The minimum atomic E-state index is -1.54. The van der Waals surface area contributed by atoms with E-state index in [0.717, 1.165) is 0 Å². The number of carbonyl (C=O) groups excluding carboxylic acids is 1. The molecule has 1 aliphatic heterocycles. The highest BCUT2D eigenvalue weighted by Crippen LogP contribution is 2.22. The molecule has 1 saturated heterocycles. The molecule has 1 heterocycles. The molecule has 0 aromatic rings. The summed E-state index contributed by atoms with van der Waals surface area (Å²) in [6.07, 6.45) is -6.89. The van der Waals surface area contributed by atoms with Crippen LogP contribution in [0.1, 0.15) is 6.92 Å². The van der Waals surface area contributed by atoms with E-state index in [1.807, 2.05) is 0 Å². The smallest absolute Gasteiger partial charge is 0.302 e. The Labute approximate surface area is 85.9 Å². The van der Waals surface area contributed by atoms with Crippen LogP contribution >= 0.6 is 0 Å². The van der Waals surface area contributed by atoms with Crippen LogP contribution in [-0.4, -0.2) is 63.7 Å². The molecule has 0 aromatic heterocycles. The average molecular weight is 222 g/mol. The maximum atomic E-state index is 10.4. The molecular formula is C8H14O7. The lowest BCUT2D eigenvalue weighted by atomic mass is 10.1. The fourth-order valence-corrected chi connectivity index (χ4v) is 1.30. The van der Waals surface area contributed by atoms with E-state index in [2.05, 4.69) is 4.74 Å².